The van der Waals surface area contributed by atoms with Crippen LogP contribution in [0.5, 0.6) is 0 Å². The predicted octanol–water partition coefficient (Wildman–Crippen LogP) is 4.84. The first-order valence-electron chi connectivity index (χ1n) is 12.2. The van der Waals surface area contributed by atoms with Crippen molar-refractivity contribution in [3.63, 3.8) is 0 Å². The van der Waals surface area contributed by atoms with Crippen molar-refractivity contribution in [2.24, 2.45) is 5.41 Å². The Balaban J connectivity index is 1.39. The molecule has 0 spiro atoms. The van der Waals surface area contributed by atoms with Crippen LogP contribution in [0.25, 0.3) is 11.1 Å². The Morgan fingerprint density at radius 1 is 1.03 bits per heavy atom. The maximum absolute atomic E-state index is 12.8. The van der Waals surface area contributed by atoms with E-state index >= 15 is 0 Å². The van der Waals surface area contributed by atoms with Gasteiger partial charge in [0.25, 0.3) is 0 Å². The van der Waals surface area contributed by atoms with Crippen LogP contribution in [0.4, 0.5) is 4.79 Å². The Morgan fingerprint density at radius 2 is 1.60 bits per heavy atom. The average molecular weight is 479 g/mol. The van der Waals surface area contributed by atoms with E-state index < -0.39 is 23.6 Å². The molecule has 7 nitrogen and oxygen atoms in total. The molecule has 2 aliphatic carbocycles. The van der Waals surface area contributed by atoms with Gasteiger partial charge in [-0.1, -0.05) is 69.3 Å². The number of hydrogen-bond acceptors (Lipinski definition) is 4. The highest BCUT2D eigenvalue weighted by Crippen LogP contribution is 2.44. The van der Waals surface area contributed by atoms with Crippen molar-refractivity contribution in [1.82, 2.24) is 10.6 Å². The molecule has 0 aromatic heterocycles. The third-order valence-corrected chi connectivity index (χ3v) is 6.95. The number of benzene rings is 2. The van der Waals surface area contributed by atoms with Gasteiger partial charge in [0.05, 0.1) is 0 Å². The van der Waals surface area contributed by atoms with Crippen molar-refractivity contribution in [2.45, 2.75) is 70.4 Å². The molecule has 1 atom stereocenters. The lowest BCUT2D eigenvalue weighted by molar-refractivity contribution is -0.151. The molecule has 1 saturated carbocycles. The van der Waals surface area contributed by atoms with Crippen LogP contribution in [-0.2, 0) is 14.3 Å². The number of aliphatic carboxylic acids is 1. The normalized spacial score (nSPS) is 16.9. The zero-order valence-electron chi connectivity index (χ0n) is 20.6. The predicted molar refractivity (Wildman–Crippen MR) is 133 cm³/mol. The molecule has 2 aromatic rings. The number of fused-ring (bicyclic) bond motifs is 3. The summed E-state index contributed by atoms with van der Waals surface area (Å²) in [5.41, 5.74) is 3.25. The highest BCUT2D eigenvalue weighted by molar-refractivity contribution is 5.88. The largest absolute Gasteiger partial charge is 0.480 e. The second-order valence-electron chi connectivity index (χ2n) is 10.9. The molecule has 35 heavy (non-hydrogen) atoms. The molecule has 0 aliphatic heterocycles. The van der Waals surface area contributed by atoms with Gasteiger partial charge in [-0.15, -0.1) is 0 Å². The zero-order chi connectivity index (χ0) is 25.2. The molecule has 2 aliphatic rings. The lowest BCUT2D eigenvalue weighted by Gasteiger charge is -2.38. The number of carbonyl (C=O) groups excluding carboxylic acids is 2. The van der Waals surface area contributed by atoms with Crippen LogP contribution in [0, 0.1) is 5.41 Å². The van der Waals surface area contributed by atoms with Gasteiger partial charge in [0.2, 0.25) is 5.91 Å². The van der Waals surface area contributed by atoms with Crippen molar-refractivity contribution >= 4 is 18.0 Å². The third kappa shape index (κ3) is 5.50. The molecule has 0 bridgehead atoms. The van der Waals surface area contributed by atoms with Crippen LogP contribution < -0.4 is 10.6 Å². The van der Waals surface area contributed by atoms with Crippen molar-refractivity contribution < 1.29 is 24.2 Å². The molecule has 0 heterocycles. The van der Waals surface area contributed by atoms with Gasteiger partial charge in [0.15, 0.2) is 0 Å². The Morgan fingerprint density at radius 3 is 2.09 bits per heavy atom. The van der Waals surface area contributed by atoms with Gasteiger partial charge < -0.3 is 20.5 Å². The number of rotatable bonds is 8. The van der Waals surface area contributed by atoms with E-state index in [2.05, 4.69) is 34.9 Å². The summed E-state index contributed by atoms with van der Waals surface area (Å²) in [6.45, 7) is 6.28. The van der Waals surface area contributed by atoms with Gasteiger partial charge in [-0.3, -0.25) is 4.79 Å². The van der Waals surface area contributed by atoms with Crippen LogP contribution >= 0.6 is 0 Å². The summed E-state index contributed by atoms with van der Waals surface area (Å²) < 4.78 is 5.66. The van der Waals surface area contributed by atoms with Gasteiger partial charge in [0.1, 0.15) is 12.1 Å². The monoisotopic (exact) mass is 478 g/mol. The number of hydrogen-bond donors (Lipinski definition) is 3. The van der Waals surface area contributed by atoms with E-state index in [1.165, 1.54) is 0 Å². The smallest absolute Gasteiger partial charge is 0.407 e. The summed E-state index contributed by atoms with van der Waals surface area (Å²) in [5, 5.41) is 15.1. The summed E-state index contributed by atoms with van der Waals surface area (Å²) >= 11 is 0. The number of nitrogens with one attached hydrogen (secondary N) is 2. The minimum absolute atomic E-state index is 0.00348. The highest BCUT2D eigenvalue weighted by atomic mass is 16.5. The van der Waals surface area contributed by atoms with E-state index in [-0.39, 0.29) is 30.3 Å². The van der Waals surface area contributed by atoms with Crippen LogP contribution in [0.1, 0.15) is 69.9 Å². The van der Waals surface area contributed by atoms with Crippen molar-refractivity contribution in [3.8, 4) is 11.1 Å². The summed E-state index contributed by atoms with van der Waals surface area (Å²) in [5.74, 6) is -1.43. The fourth-order valence-corrected chi connectivity index (χ4v) is 5.18. The Hall–Kier alpha value is -3.35. The maximum atomic E-state index is 12.8. The number of carboxylic acids is 1. The van der Waals surface area contributed by atoms with Gasteiger partial charge in [-0.25, -0.2) is 9.59 Å². The summed E-state index contributed by atoms with van der Waals surface area (Å²) in [7, 11) is 0. The number of carboxylic acid groups (broad SMARTS) is 1. The van der Waals surface area contributed by atoms with Gasteiger partial charge in [-0.05, 0) is 53.4 Å². The van der Waals surface area contributed by atoms with Crippen molar-refractivity contribution in [1.29, 1.82) is 0 Å². The molecule has 1 unspecified atom stereocenters. The molecule has 0 saturated heterocycles. The molecular formula is C28H34N2O5. The highest BCUT2D eigenvalue weighted by Gasteiger charge is 2.45. The Kier molecular flexibility index (Phi) is 6.88. The molecule has 0 radical (unpaired) electrons. The molecule has 2 amide bonds. The van der Waals surface area contributed by atoms with Gasteiger partial charge in [0, 0.05) is 18.4 Å². The average Bonchev–Trinajstić information content (AvgIpc) is 3.07. The number of amides is 2. The first kappa shape index (κ1) is 24.8. The number of ether oxygens (including phenoxy) is 1. The summed E-state index contributed by atoms with van der Waals surface area (Å²) in [6, 6.07) is 15.8. The molecule has 186 valence electrons. The van der Waals surface area contributed by atoms with E-state index in [1.54, 1.807) is 0 Å². The summed E-state index contributed by atoms with van der Waals surface area (Å²) in [6.07, 6.45) is 1.60. The van der Waals surface area contributed by atoms with Crippen LogP contribution in [-0.4, -0.2) is 41.3 Å². The zero-order valence-corrected chi connectivity index (χ0v) is 20.6. The van der Waals surface area contributed by atoms with E-state index in [0.717, 1.165) is 28.7 Å². The Bertz CT molecular complexity index is 1070. The van der Waals surface area contributed by atoms with Crippen LogP contribution in [0.15, 0.2) is 48.5 Å². The number of carbonyl (C=O) groups is 3. The summed E-state index contributed by atoms with van der Waals surface area (Å²) in [4.78, 5) is 37.1. The van der Waals surface area contributed by atoms with Crippen LogP contribution in [0.3, 0.4) is 0 Å². The first-order chi connectivity index (χ1) is 16.6. The minimum atomic E-state index is -1.17. The quantitative estimate of drug-likeness (QED) is 0.503. The first-order valence-corrected chi connectivity index (χ1v) is 12.2. The van der Waals surface area contributed by atoms with Gasteiger partial charge in [-0.2, -0.15) is 0 Å². The molecular weight excluding hydrogens is 444 g/mol. The van der Waals surface area contributed by atoms with E-state index in [4.69, 9.17) is 4.74 Å². The number of alkyl carbamates (subject to hydrolysis) is 1. The standard InChI is InChI=1S/C28H34N2O5/c1-27(2,3)16-18(15-24(31)30-28(25(32)33)13-8-14-28)29-26(34)35-17-23-21-11-6-4-9-19(21)20-10-5-7-12-22(20)23/h4-7,9-12,18,23H,8,13-17H2,1-3H3,(H,29,34)(H,30,31)(H,32,33). The van der Waals surface area contributed by atoms with Crippen LogP contribution in [0.2, 0.25) is 0 Å². The van der Waals surface area contributed by atoms with Gasteiger partial charge >= 0.3 is 12.1 Å². The second kappa shape index (κ2) is 9.72. The second-order valence-corrected chi connectivity index (χ2v) is 10.9. The Labute approximate surface area is 206 Å². The van der Waals surface area contributed by atoms with E-state index in [9.17, 15) is 19.5 Å². The third-order valence-electron chi connectivity index (χ3n) is 6.95. The molecule has 7 heteroatoms. The fourth-order valence-electron chi connectivity index (χ4n) is 5.18. The lowest BCUT2D eigenvalue weighted by Crippen LogP contribution is -2.59. The van der Waals surface area contributed by atoms with Crippen molar-refractivity contribution in [3.05, 3.63) is 59.7 Å². The van der Waals surface area contributed by atoms with E-state index in [0.29, 0.717) is 19.3 Å². The molecule has 1 fully saturated rings. The molecule has 3 N–H and O–H groups in total. The minimum Gasteiger partial charge on any atom is -0.480 e. The fraction of sp³-hybridized carbons (Fsp3) is 0.464. The lowest BCUT2D eigenvalue weighted by atomic mass is 9.76. The maximum Gasteiger partial charge on any atom is 0.407 e. The molecule has 4 rings (SSSR count). The van der Waals surface area contributed by atoms with Crippen molar-refractivity contribution in [2.75, 3.05) is 6.61 Å². The SMILES string of the molecule is CC(C)(C)CC(CC(=O)NC1(C(=O)O)CCC1)NC(=O)OCC1c2ccccc2-c2ccccc21. The molecule has 2 aromatic carbocycles. The van der Waals surface area contributed by atoms with E-state index in [1.807, 2.05) is 45.0 Å². The topological polar surface area (TPSA) is 105 Å².